The van der Waals surface area contributed by atoms with E-state index in [4.69, 9.17) is 42.6 Å². The van der Waals surface area contributed by atoms with E-state index in [-0.39, 0.29) is 61.7 Å². The van der Waals surface area contributed by atoms with Gasteiger partial charge in [-0.2, -0.15) is 0 Å². The van der Waals surface area contributed by atoms with E-state index in [0.717, 1.165) is 160 Å². The molecule has 25 nitrogen and oxygen atoms in total. The van der Waals surface area contributed by atoms with Gasteiger partial charge in [0.15, 0.2) is 46.0 Å². The highest BCUT2D eigenvalue weighted by atomic mass is 19.1. The number of nitrogens with one attached hydrogen (secondary N) is 4. The maximum absolute atomic E-state index is 13.6. The molecule has 0 bridgehead atoms. The average Bonchev–Trinajstić information content (AvgIpc) is 1.00. The van der Waals surface area contributed by atoms with Gasteiger partial charge in [-0.1, -0.05) is 187 Å². The van der Waals surface area contributed by atoms with Crippen molar-refractivity contribution in [2.24, 2.45) is 0 Å². The van der Waals surface area contributed by atoms with Gasteiger partial charge in [0.1, 0.15) is 88.8 Å². The monoisotopic (exact) mass is 1900 g/mol. The van der Waals surface area contributed by atoms with E-state index >= 15 is 0 Å². The van der Waals surface area contributed by atoms with Crippen molar-refractivity contribution < 1.29 is 86.6 Å². The molecule has 0 aromatic heterocycles. The average molecular weight is 1900 g/mol. The Morgan fingerprint density at radius 2 is 0.571 bits per heavy atom. The molecule has 19 rings (SSSR count). The van der Waals surface area contributed by atoms with Crippen LogP contribution in [0.25, 0.3) is 33.4 Å². The second-order valence-corrected chi connectivity index (χ2v) is 37.4. The summed E-state index contributed by atoms with van der Waals surface area (Å²) in [6, 6.07) is 75.0. The van der Waals surface area contributed by atoms with E-state index in [9.17, 15) is 44.0 Å². The smallest absolute Gasteiger partial charge is 0.224 e. The van der Waals surface area contributed by atoms with Crippen LogP contribution in [-0.4, -0.2) is 226 Å². The predicted octanol–water partition coefficient (Wildman–Crippen LogP) is 15.5. The number of likely N-dealkylation sites (tertiary alicyclic amines) is 4. The first-order valence-electron chi connectivity index (χ1n) is 49.5. The fourth-order valence-electron chi connectivity index (χ4n) is 19.0. The standard InChI is InChI=1S/2C30H34N2O4.C29H31FN2O4.C25H32N2O5/c1-21-4-8-23(9-5-21)24-10-6-22(7-11-24)18-29(33)31-26(20-32-14-2-3-15-32)30(34)25-12-13-27-28(19-25)36-17-16-35-27;1-21-5-4-6-24(17-21)23-9-7-22(8-10-23)18-29(33)31-26(20-32-13-2-3-14-32)30(34)25-11-12-27-28(19-25)36-16-15-35-27;30-24-5-3-4-22(17-24)21-8-6-20(7-9-21)16-28(33)31-25(19-32-12-1-2-13-32)29(34)23-10-11-26-27(18-23)36-15-14-35-26;1-18-4-7-20(8-5-18)30-13-10-24(28)26-21(17-27-11-2-3-12-27)25(29)19-6-9-22-23(16-19)32-15-14-31-22/h4-13,19,26,30,34H,2-3,14-18,20H2,1H3,(H,31,33);4-12,17,19,26,30,34H,2-3,13-16,18,20H2,1H3,(H,31,33);3-11,17-18,25,29,34H,1-2,12-16,19H2,(H,31,33);4-9,16,21,25,29H,2-3,10-15,17H2,1H3,(H,26,28). The summed E-state index contributed by atoms with van der Waals surface area (Å²) in [6.07, 6.45) is 6.61. The highest BCUT2D eigenvalue weighted by molar-refractivity contribution is 5.81. The zero-order chi connectivity index (χ0) is 97.1. The number of halogens is 1. The van der Waals surface area contributed by atoms with Crippen molar-refractivity contribution >= 4 is 23.6 Å². The Hall–Kier alpha value is -12.9. The van der Waals surface area contributed by atoms with Crippen molar-refractivity contribution in [3.05, 3.63) is 304 Å². The van der Waals surface area contributed by atoms with Crippen LogP contribution in [-0.2, 0) is 38.4 Å². The third-order valence-electron chi connectivity index (χ3n) is 26.6. The fourth-order valence-corrected chi connectivity index (χ4v) is 19.0. The van der Waals surface area contributed by atoms with E-state index in [1.807, 2.05) is 153 Å². The number of hydrogen-bond acceptors (Lipinski definition) is 21. The zero-order valence-electron chi connectivity index (χ0n) is 80.3. The number of carbonyl (C=O) groups excluding carboxylic acids is 4. The summed E-state index contributed by atoms with van der Waals surface area (Å²) in [4.78, 5) is 61.0. The Labute approximate surface area is 820 Å². The lowest BCUT2D eigenvalue weighted by Gasteiger charge is -2.29. The molecule has 0 aliphatic carbocycles. The molecule has 140 heavy (non-hydrogen) atoms. The maximum Gasteiger partial charge on any atom is 0.224 e. The highest BCUT2D eigenvalue weighted by Crippen LogP contribution is 2.40. The minimum atomic E-state index is -0.888. The third kappa shape index (κ3) is 28.7. The van der Waals surface area contributed by atoms with Crippen LogP contribution < -0.4 is 63.9 Å². The molecular weight excluding hydrogens is 1770 g/mol. The number of carbonyl (C=O) groups is 4. The van der Waals surface area contributed by atoms with Crippen molar-refractivity contribution in [2.45, 2.75) is 146 Å². The lowest BCUT2D eigenvalue weighted by Crippen LogP contribution is -2.47. The quantitative estimate of drug-likeness (QED) is 0.0190. The minimum absolute atomic E-state index is 0.0981. The number of rotatable bonds is 33. The Bertz CT molecular complexity index is 5690. The number of hydrogen-bond donors (Lipinski definition) is 8. The third-order valence-corrected chi connectivity index (χ3v) is 26.6. The number of benzene rings is 11. The van der Waals surface area contributed by atoms with Gasteiger partial charge >= 0.3 is 0 Å². The number of ether oxygens (including phenoxy) is 9. The fraction of sp³-hybridized carbons (Fsp3) is 0.386. The van der Waals surface area contributed by atoms with Crippen molar-refractivity contribution in [1.29, 1.82) is 0 Å². The Kier molecular flexibility index (Phi) is 35.6. The van der Waals surface area contributed by atoms with Crippen molar-refractivity contribution in [3.63, 3.8) is 0 Å². The van der Waals surface area contributed by atoms with Crippen LogP contribution in [0.2, 0.25) is 0 Å². The molecule has 0 spiro atoms. The first kappa shape index (κ1) is 100. The number of aliphatic hydroxyl groups is 4. The number of amides is 4. The van der Waals surface area contributed by atoms with Crippen LogP contribution in [0.1, 0.15) is 138 Å². The molecule has 0 saturated carbocycles. The van der Waals surface area contributed by atoms with E-state index < -0.39 is 48.6 Å². The molecule has 8 aliphatic rings. The van der Waals surface area contributed by atoms with Crippen LogP contribution in [0, 0.1) is 26.6 Å². The molecule has 8 unspecified atom stereocenters. The van der Waals surface area contributed by atoms with Gasteiger partial charge in [-0.3, -0.25) is 19.2 Å². The van der Waals surface area contributed by atoms with E-state index in [2.05, 4.69) is 128 Å². The van der Waals surface area contributed by atoms with E-state index in [1.54, 1.807) is 12.1 Å². The van der Waals surface area contributed by atoms with Gasteiger partial charge in [-0.15, -0.1) is 0 Å². The van der Waals surface area contributed by atoms with Crippen molar-refractivity contribution in [2.75, 3.05) is 138 Å². The molecule has 26 heteroatoms. The number of fused-ring (bicyclic) bond motifs is 4. The first-order valence-corrected chi connectivity index (χ1v) is 49.5. The Balaban J connectivity index is 0.000000135. The molecule has 736 valence electrons. The molecule has 0 radical (unpaired) electrons. The molecule has 4 amide bonds. The van der Waals surface area contributed by atoms with Gasteiger partial charge in [0.2, 0.25) is 23.6 Å². The summed E-state index contributed by atoms with van der Waals surface area (Å²) in [7, 11) is 0. The van der Waals surface area contributed by atoms with Gasteiger partial charge in [-0.25, -0.2) is 4.39 Å². The predicted molar refractivity (Wildman–Crippen MR) is 537 cm³/mol. The van der Waals surface area contributed by atoms with Gasteiger partial charge in [0.25, 0.3) is 0 Å². The largest absolute Gasteiger partial charge is 0.493 e. The second-order valence-electron chi connectivity index (χ2n) is 37.4. The number of nitrogens with zero attached hydrogens (tertiary/aromatic N) is 4. The SMILES string of the molecule is Cc1ccc(-c2ccc(CC(=O)NC(CN3CCCC3)C(O)c3ccc4c(c3)OCCO4)cc2)cc1.Cc1ccc(OCCC(=O)NC(CN2CCCC2)C(O)c2ccc3c(c2)OCCO3)cc1.Cc1cccc(-c2ccc(CC(=O)NC(CN3CCCC3)C(O)c3ccc4c(c3)OCCO4)cc2)c1.O=C(Cc1ccc(-c2cccc(F)c2)cc1)NC(CN1CCCC1)C(O)c1ccc2c(c1)OCCO2. The summed E-state index contributed by atoms with van der Waals surface area (Å²) in [5, 5.41) is 57.4. The topological polar surface area (TPSA) is 293 Å². The first-order chi connectivity index (χ1) is 68.2. The highest BCUT2D eigenvalue weighted by Gasteiger charge is 2.34. The minimum Gasteiger partial charge on any atom is -0.493 e. The molecule has 4 saturated heterocycles. The zero-order valence-corrected chi connectivity index (χ0v) is 80.3. The summed E-state index contributed by atoms with van der Waals surface area (Å²) in [5.41, 5.74) is 15.4. The summed E-state index contributed by atoms with van der Waals surface area (Å²) in [6.45, 7) is 20.7. The van der Waals surface area contributed by atoms with Gasteiger partial charge < -0.3 is 104 Å². The van der Waals surface area contributed by atoms with Crippen LogP contribution in [0.15, 0.2) is 243 Å². The van der Waals surface area contributed by atoms with Crippen molar-refractivity contribution in [1.82, 2.24) is 40.9 Å². The summed E-state index contributed by atoms with van der Waals surface area (Å²) >= 11 is 0. The van der Waals surface area contributed by atoms with Crippen LogP contribution in [0.3, 0.4) is 0 Å². The molecule has 8 atom stereocenters. The van der Waals surface area contributed by atoms with Gasteiger partial charge in [0.05, 0.1) is 56.5 Å². The molecule has 11 aromatic rings. The number of aryl methyl sites for hydroxylation is 3. The molecule has 11 aromatic carbocycles. The summed E-state index contributed by atoms with van der Waals surface area (Å²) < 4.78 is 64.4. The number of aliphatic hydroxyl groups excluding tert-OH is 4. The maximum atomic E-state index is 13.6. The molecule has 8 heterocycles. The lowest BCUT2D eigenvalue weighted by atomic mass is 9.99. The van der Waals surface area contributed by atoms with Crippen LogP contribution in [0.5, 0.6) is 51.7 Å². The van der Waals surface area contributed by atoms with E-state index in [1.165, 1.54) is 28.8 Å². The van der Waals surface area contributed by atoms with Gasteiger partial charge in [-0.05, 0) is 270 Å². The summed E-state index contributed by atoms with van der Waals surface area (Å²) in [5.74, 6) is 5.20. The normalized spacial score (nSPS) is 17.1. The van der Waals surface area contributed by atoms with Crippen LogP contribution in [0.4, 0.5) is 4.39 Å². The van der Waals surface area contributed by atoms with Crippen molar-refractivity contribution in [3.8, 4) is 85.1 Å². The van der Waals surface area contributed by atoms with Crippen LogP contribution >= 0.6 is 0 Å². The molecule has 8 aliphatic heterocycles. The van der Waals surface area contributed by atoms with E-state index in [0.29, 0.717) is 147 Å². The molecular formula is C114H131FN8O17. The molecule has 4 fully saturated rings. The Morgan fingerprint density at radius 1 is 0.300 bits per heavy atom. The lowest BCUT2D eigenvalue weighted by molar-refractivity contribution is -0.124. The molecule has 8 N–H and O–H groups in total. The van der Waals surface area contributed by atoms with Gasteiger partial charge in [0, 0.05) is 26.2 Å². The Morgan fingerprint density at radius 3 is 0.879 bits per heavy atom. The second kappa shape index (κ2) is 49.8.